The van der Waals surface area contributed by atoms with Crippen molar-refractivity contribution in [3.8, 4) is 0 Å². The van der Waals surface area contributed by atoms with Gasteiger partial charge >= 0.3 is 0 Å². The van der Waals surface area contributed by atoms with Crippen molar-refractivity contribution in [2.75, 3.05) is 20.1 Å². The summed E-state index contributed by atoms with van der Waals surface area (Å²) in [5, 5.41) is 2.48. The molecule has 1 rings (SSSR count). The van der Waals surface area contributed by atoms with Crippen LogP contribution >= 0.6 is 0 Å². The predicted molar refractivity (Wildman–Crippen MR) is 71.5 cm³/mol. The summed E-state index contributed by atoms with van der Waals surface area (Å²) in [7, 11) is 1.51. The molecule has 0 radical (unpaired) electrons. The topological polar surface area (TPSA) is 49.4 Å². The monoisotopic (exact) mass is 284 g/mol. The van der Waals surface area contributed by atoms with Gasteiger partial charge in [-0.1, -0.05) is 6.92 Å². The number of ketones is 1. The second kappa shape index (κ2) is 7.09. The van der Waals surface area contributed by atoms with E-state index in [0.717, 1.165) is 12.1 Å². The number of hydrogen-bond donors (Lipinski definition) is 1. The molecule has 0 bridgehead atoms. The van der Waals surface area contributed by atoms with Crippen LogP contribution in [0.25, 0.3) is 0 Å². The zero-order valence-electron chi connectivity index (χ0n) is 11.7. The Morgan fingerprint density at radius 2 is 1.95 bits per heavy atom. The minimum Gasteiger partial charge on any atom is -0.358 e. The number of carbonyl (C=O) groups excluding carboxylic acids is 2. The number of carbonyl (C=O) groups is 2. The number of amides is 1. The lowest BCUT2D eigenvalue weighted by molar-refractivity contribution is -0.122. The van der Waals surface area contributed by atoms with Crippen LogP contribution in [-0.2, 0) is 4.79 Å². The van der Waals surface area contributed by atoms with Crippen molar-refractivity contribution >= 4 is 11.7 Å². The lowest BCUT2D eigenvalue weighted by Gasteiger charge is -2.25. The summed E-state index contributed by atoms with van der Waals surface area (Å²) >= 11 is 0. The van der Waals surface area contributed by atoms with Gasteiger partial charge in [0.25, 0.3) is 0 Å². The highest BCUT2D eigenvalue weighted by Gasteiger charge is 2.23. The molecule has 4 nitrogen and oxygen atoms in total. The van der Waals surface area contributed by atoms with Crippen LogP contribution in [0, 0.1) is 11.6 Å². The van der Waals surface area contributed by atoms with Crippen LogP contribution < -0.4 is 5.32 Å². The molecule has 0 aliphatic carbocycles. The van der Waals surface area contributed by atoms with Crippen LogP contribution in [0.4, 0.5) is 8.78 Å². The molecule has 0 saturated heterocycles. The van der Waals surface area contributed by atoms with Gasteiger partial charge in [0.05, 0.1) is 12.6 Å². The molecule has 110 valence electrons. The third-order valence-corrected chi connectivity index (χ3v) is 3.16. The van der Waals surface area contributed by atoms with Crippen molar-refractivity contribution in [3.05, 3.63) is 35.4 Å². The fraction of sp³-hybridized carbons (Fsp3) is 0.429. The summed E-state index contributed by atoms with van der Waals surface area (Å²) < 4.78 is 26.0. The van der Waals surface area contributed by atoms with Gasteiger partial charge in [-0.25, -0.2) is 8.78 Å². The SMILES string of the molecule is CCN(CC(=O)NC)C(C)C(=O)c1ccc(F)c(F)c1. The highest BCUT2D eigenvalue weighted by atomic mass is 19.2. The van der Waals surface area contributed by atoms with Gasteiger partial charge in [-0.15, -0.1) is 0 Å². The number of nitrogens with one attached hydrogen (secondary N) is 1. The van der Waals surface area contributed by atoms with Gasteiger partial charge in [-0.2, -0.15) is 0 Å². The zero-order chi connectivity index (χ0) is 15.3. The van der Waals surface area contributed by atoms with Gasteiger partial charge in [-0.3, -0.25) is 14.5 Å². The first-order valence-electron chi connectivity index (χ1n) is 6.34. The van der Waals surface area contributed by atoms with Crippen LogP contribution in [-0.4, -0.2) is 42.8 Å². The number of halogens is 2. The first-order valence-corrected chi connectivity index (χ1v) is 6.34. The molecule has 0 aromatic heterocycles. The second-order valence-corrected chi connectivity index (χ2v) is 4.41. The first-order chi connectivity index (χ1) is 9.40. The van der Waals surface area contributed by atoms with Crippen LogP contribution in [0.3, 0.4) is 0 Å². The third-order valence-electron chi connectivity index (χ3n) is 3.16. The number of rotatable bonds is 6. The van der Waals surface area contributed by atoms with Crippen LogP contribution in [0.2, 0.25) is 0 Å². The van der Waals surface area contributed by atoms with Crippen LogP contribution in [0.15, 0.2) is 18.2 Å². The molecule has 1 amide bonds. The second-order valence-electron chi connectivity index (χ2n) is 4.41. The Labute approximate surface area is 116 Å². The molecule has 0 saturated carbocycles. The summed E-state index contributed by atoms with van der Waals surface area (Å²) in [6.45, 7) is 4.02. The highest BCUT2D eigenvalue weighted by molar-refractivity contribution is 6.00. The maximum atomic E-state index is 13.1. The van der Waals surface area contributed by atoms with Crippen molar-refractivity contribution in [2.45, 2.75) is 19.9 Å². The molecule has 20 heavy (non-hydrogen) atoms. The normalized spacial score (nSPS) is 12.3. The summed E-state index contributed by atoms with van der Waals surface area (Å²) in [5.41, 5.74) is 0.0896. The number of Topliss-reactive ketones (excluding diaryl/α,β-unsaturated/α-hetero) is 1. The van der Waals surface area contributed by atoms with Crippen molar-refractivity contribution in [2.24, 2.45) is 0 Å². The molecular formula is C14H18F2N2O2. The molecular weight excluding hydrogens is 266 g/mol. The Balaban J connectivity index is 2.88. The van der Waals surface area contributed by atoms with Gasteiger partial charge in [0.1, 0.15) is 0 Å². The smallest absolute Gasteiger partial charge is 0.233 e. The molecule has 1 aromatic carbocycles. The standard InChI is InChI=1S/C14H18F2N2O2/c1-4-18(8-13(19)17-3)9(2)14(20)10-5-6-11(15)12(16)7-10/h5-7,9H,4,8H2,1-3H3,(H,17,19). The van der Waals surface area contributed by atoms with E-state index in [-0.39, 0.29) is 23.8 Å². The molecule has 0 aliphatic heterocycles. The average Bonchev–Trinajstić information content (AvgIpc) is 2.45. The molecule has 0 heterocycles. The van der Waals surface area contributed by atoms with E-state index in [1.165, 1.54) is 13.1 Å². The molecule has 0 fully saturated rings. The number of benzene rings is 1. The van der Waals surface area contributed by atoms with Crippen LogP contribution in [0.1, 0.15) is 24.2 Å². The Hall–Kier alpha value is -1.82. The summed E-state index contributed by atoms with van der Waals surface area (Å²) in [4.78, 5) is 25.2. The van der Waals surface area contributed by atoms with E-state index < -0.39 is 17.7 Å². The fourth-order valence-corrected chi connectivity index (χ4v) is 1.84. The number of hydrogen-bond acceptors (Lipinski definition) is 3. The predicted octanol–water partition coefficient (Wildman–Crippen LogP) is 1.60. The van der Waals surface area contributed by atoms with Gasteiger partial charge in [0.2, 0.25) is 5.91 Å². The van der Waals surface area contributed by atoms with Gasteiger partial charge in [-0.05, 0) is 31.7 Å². The molecule has 1 aromatic rings. The minimum absolute atomic E-state index is 0.0730. The van der Waals surface area contributed by atoms with E-state index in [2.05, 4.69) is 5.32 Å². The molecule has 1 N–H and O–H groups in total. The number of likely N-dealkylation sites (N-methyl/N-ethyl adjacent to an activating group) is 2. The van der Waals surface area contributed by atoms with E-state index in [4.69, 9.17) is 0 Å². The lowest BCUT2D eigenvalue weighted by atomic mass is 10.0. The van der Waals surface area contributed by atoms with Crippen molar-refractivity contribution in [3.63, 3.8) is 0 Å². The molecule has 0 spiro atoms. The minimum atomic E-state index is -1.06. The Bertz CT molecular complexity index is 506. The van der Waals surface area contributed by atoms with Crippen LogP contribution in [0.5, 0.6) is 0 Å². The van der Waals surface area contributed by atoms with Crippen molar-refractivity contribution in [1.82, 2.24) is 10.2 Å². The maximum Gasteiger partial charge on any atom is 0.233 e. The zero-order valence-corrected chi connectivity index (χ0v) is 11.7. The van der Waals surface area contributed by atoms with Crippen molar-refractivity contribution < 1.29 is 18.4 Å². The van der Waals surface area contributed by atoms with E-state index in [0.29, 0.717) is 6.54 Å². The summed E-state index contributed by atoms with van der Waals surface area (Å²) in [6, 6.07) is 2.44. The fourth-order valence-electron chi connectivity index (χ4n) is 1.84. The first kappa shape index (κ1) is 16.2. The van der Waals surface area contributed by atoms with E-state index >= 15 is 0 Å². The van der Waals surface area contributed by atoms with Gasteiger partial charge in [0, 0.05) is 12.6 Å². The molecule has 0 aliphatic rings. The highest BCUT2D eigenvalue weighted by Crippen LogP contribution is 2.13. The summed E-state index contributed by atoms with van der Waals surface area (Å²) in [5.74, 6) is -2.62. The Kier molecular flexibility index (Phi) is 5.76. The van der Waals surface area contributed by atoms with E-state index in [9.17, 15) is 18.4 Å². The quantitative estimate of drug-likeness (QED) is 0.807. The lowest BCUT2D eigenvalue weighted by Crippen LogP contribution is -2.44. The van der Waals surface area contributed by atoms with Gasteiger partial charge < -0.3 is 5.32 Å². The van der Waals surface area contributed by atoms with Crippen molar-refractivity contribution in [1.29, 1.82) is 0 Å². The van der Waals surface area contributed by atoms with E-state index in [1.54, 1.807) is 11.8 Å². The third kappa shape index (κ3) is 3.84. The van der Waals surface area contributed by atoms with Gasteiger partial charge in [0.15, 0.2) is 17.4 Å². The molecule has 1 unspecified atom stereocenters. The largest absolute Gasteiger partial charge is 0.358 e. The summed E-state index contributed by atoms with van der Waals surface area (Å²) in [6.07, 6.45) is 0. The molecule has 1 atom stereocenters. The Morgan fingerprint density at radius 3 is 2.45 bits per heavy atom. The molecule has 6 heteroatoms. The average molecular weight is 284 g/mol. The Morgan fingerprint density at radius 1 is 1.30 bits per heavy atom. The maximum absolute atomic E-state index is 13.1. The van der Waals surface area contributed by atoms with E-state index in [1.807, 2.05) is 6.92 Å². The number of nitrogens with zero attached hydrogens (tertiary/aromatic N) is 1.